The normalized spacial score (nSPS) is 10.5. The van der Waals surface area contributed by atoms with Gasteiger partial charge in [-0.05, 0) is 25.0 Å². The Labute approximate surface area is 124 Å². The SMILES string of the molecule is O=C(O)CCCCC(=O)Nc1ccc(Cl)c(OC(F)F)c1. The summed E-state index contributed by atoms with van der Waals surface area (Å²) in [5.41, 5.74) is 0.276. The molecular formula is C13H14ClF2NO4. The van der Waals surface area contributed by atoms with Gasteiger partial charge in [-0.1, -0.05) is 11.6 Å². The lowest BCUT2D eigenvalue weighted by Gasteiger charge is -2.10. The van der Waals surface area contributed by atoms with Crippen molar-refractivity contribution in [3.8, 4) is 5.75 Å². The van der Waals surface area contributed by atoms with E-state index in [1.807, 2.05) is 0 Å². The minimum absolute atomic E-state index is 0.000597. The Hall–Kier alpha value is -1.89. The van der Waals surface area contributed by atoms with Crippen LogP contribution in [0.2, 0.25) is 5.02 Å². The van der Waals surface area contributed by atoms with Crippen LogP contribution in [0.1, 0.15) is 25.7 Å². The highest BCUT2D eigenvalue weighted by atomic mass is 35.5. The van der Waals surface area contributed by atoms with Crippen LogP contribution in [0.3, 0.4) is 0 Å². The van der Waals surface area contributed by atoms with Crippen LogP contribution in [0.25, 0.3) is 0 Å². The van der Waals surface area contributed by atoms with E-state index in [-0.39, 0.29) is 35.2 Å². The molecule has 1 aromatic carbocycles. The van der Waals surface area contributed by atoms with Crippen molar-refractivity contribution in [1.82, 2.24) is 0 Å². The van der Waals surface area contributed by atoms with Crippen molar-refractivity contribution >= 4 is 29.2 Å². The van der Waals surface area contributed by atoms with Gasteiger partial charge >= 0.3 is 12.6 Å². The van der Waals surface area contributed by atoms with E-state index in [0.29, 0.717) is 12.8 Å². The molecule has 1 amide bonds. The molecule has 0 heterocycles. The Morgan fingerprint density at radius 2 is 1.95 bits per heavy atom. The fourth-order valence-corrected chi connectivity index (χ4v) is 1.71. The summed E-state index contributed by atoms with van der Waals surface area (Å²) in [4.78, 5) is 21.9. The summed E-state index contributed by atoms with van der Waals surface area (Å²) >= 11 is 5.68. The number of amides is 1. The number of hydrogen-bond donors (Lipinski definition) is 2. The van der Waals surface area contributed by atoms with Crippen LogP contribution in [0.5, 0.6) is 5.75 Å². The zero-order valence-electron chi connectivity index (χ0n) is 10.9. The van der Waals surface area contributed by atoms with E-state index in [4.69, 9.17) is 16.7 Å². The van der Waals surface area contributed by atoms with Gasteiger partial charge in [0.2, 0.25) is 5.91 Å². The molecule has 0 spiro atoms. The second-order valence-corrected chi connectivity index (χ2v) is 4.58. The van der Waals surface area contributed by atoms with Crippen molar-refractivity contribution in [1.29, 1.82) is 0 Å². The third kappa shape index (κ3) is 6.89. The summed E-state index contributed by atoms with van der Waals surface area (Å²) in [5, 5.41) is 11.0. The monoisotopic (exact) mass is 321 g/mol. The molecule has 0 aliphatic carbocycles. The summed E-state index contributed by atoms with van der Waals surface area (Å²) in [5.74, 6) is -1.48. The standard InChI is InChI=1S/C13H14ClF2NO4/c14-9-6-5-8(7-10(9)21-13(15)16)17-11(18)3-1-2-4-12(19)20/h5-7,13H,1-4H2,(H,17,18)(H,19,20). The Kier molecular flexibility index (Phi) is 6.87. The minimum atomic E-state index is -3.01. The van der Waals surface area contributed by atoms with Crippen LogP contribution in [0, 0.1) is 0 Å². The van der Waals surface area contributed by atoms with Crippen molar-refractivity contribution in [3.63, 3.8) is 0 Å². The zero-order chi connectivity index (χ0) is 15.8. The van der Waals surface area contributed by atoms with E-state index in [1.54, 1.807) is 0 Å². The number of halogens is 3. The zero-order valence-corrected chi connectivity index (χ0v) is 11.7. The summed E-state index contributed by atoms with van der Waals surface area (Å²) < 4.78 is 28.5. The van der Waals surface area contributed by atoms with E-state index < -0.39 is 12.6 Å². The van der Waals surface area contributed by atoms with Gasteiger partial charge in [0.15, 0.2) is 0 Å². The molecule has 1 rings (SSSR count). The first-order chi connectivity index (χ1) is 9.88. The number of nitrogens with one attached hydrogen (secondary N) is 1. The maximum absolute atomic E-state index is 12.1. The molecule has 1 aromatic rings. The predicted octanol–water partition coefficient (Wildman–Crippen LogP) is 3.52. The first-order valence-electron chi connectivity index (χ1n) is 6.14. The molecule has 2 N–H and O–H groups in total. The Morgan fingerprint density at radius 1 is 1.29 bits per heavy atom. The average molecular weight is 322 g/mol. The molecule has 0 saturated carbocycles. The number of alkyl halides is 2. The molecule has 8 heteroatoms. The molecule has 21 heavy (non-hydrogen) atoms. The first kappa shape index (κ1) is 17.2. The molecule has 116 valence electrons. The van der Waals surface area contributed by atoms with E-state index in [0.717, 1.165) is 0 Å². The second-order valence-electron chi connectivity index (χ2n) is 4.17. The number of carboxylic acid groups (broad SMARTS) is 1. The van der Waals surface area contributed by atoms with E-state index in [2.05, 4.69) is 10.1 Å². The molecule has 0 atom stereocenters. The molecule has 0 saturated heterocycles. The quantitative estimate of drug-likeness (QED) is 0.718. The minimum Gasteiger partial charge on any atom is -0.481 e. The topological polar surface area (TPSA) is 75.6 Å². The predicted molar refractivity (Wildman–Crippen MR) is 72.8 cm³/mol. The lowest BCUT2D eigenvalue weighted by Crippen LogP contribution is -2.11. The summed E-state index contributed by atoms with van der Waals surface area (Å²) in [6.07, 6.45) is 0.955. The van der Waals surface area contributed by atoms with E-state index >= 15 is 0 Å². The Bertz CT molecular complexity index is 511. The highest BCUT2D eigenvalue weighted by Gasteiger charge is 2.11. The summed E-state index contributed by atoms with van der Waals surface area (Å²) in [6, 6.07) is 3.98. The number of anilines is 1. The van der Waals surface area contributed by atoms with Gasteiger partial charge in [0.05, 0.1) is 5.02 Å². The number of carboxylic acids is 1. The van der Waals surface area contributed by atoms with Crippen molar-refractivity contribution in [2.24, 2.45) is 0 Å². The number of benzene rings is 1. The average Bonchev–Trinajstić information content (AvgIpc) is 2.38. The largest absolute Gasteiger partial charge is 0.481 e. The first-order valence-corrected chi connectivity index (χ1v) is 6.52. The molecule has 0 aliphatic heterocycles. The molecule has 0 unspecified atom stereocenters. The number of ether oxygens (including phenoxy) is 1. The fourth-order valence-electron chi connectivity index (χ4n) is 1.55. The molecule has 0 radical (unpaired) electrons. The number of rotatable bonds is 8. The Morgan fingerprint density at radius 3 is 2.57 bits per heavy atom. The third-order valence-corrected chi connectivity index (χ3v) is 2.79. The van der Waals surface area contributed by atoms with Crippen LogP contribution < -0.4 is 10.1 Å². The number of hydrogen-bond acceptors (Lipinski definition) is 3. The smallest absolute Gasteiger partial charge is 0.387 e. The lowest BCUT2D eigenvalue weighted by molar-refractivity contribution is -0.137. The maximum atomic E-state index is 12.1. The van der Waals surface area contributed by atoms with Crippen LogP contribution in [-0.4, -0.2) is 23.6 Å². The van der Waals surface area contributed by atoms with Crippen molar-refractivity contribution in [2.75, 3.05) is 5.32 Å². The van der Waals surface area contributed by atoms with Gasteiger partial charge in [-0.3, -0.25) is 9.59 Å². The molecule has 0 aromatic heterocycles. The van der Waals surface area contributed by atoms with Crippen LogP contribution in [-0.2, 0) is 9.59 Å². The highest BCUT2D eigenvalue weighted by Crippen LogP contribution is 2.29. The third-order valence-electron chi connectivity index (χ3n) is 2.48. The Balaban J connectivity index is 2.50. The number of carbonyl (C=O) groups is 2. The van der Waals surface area contributed by atoms with Gasteiger partial charge in [0.1, 0.15) is 5.75 Å². The number of unbranched alkanes of at least 4 members (excludes halogenated alkanes) is 1. The van der Waals surface area contributed by atoms with Crippen LogP contribution in [0.4, 0.5) is 14.5 Å². The van der Waals surface area contributed by atoms with Gasteiger partial charge in [0.25, 0.3) is 0 Å². The van der Waals surface area contributed by atoms with Gasteiger partial charge in [0, 0.05) is 24.6 Å². The van der Waals surface area contributed by atoms with Crippen molar-refractivity contribution < 1.29 is 28.2 Å². The van der Waals surface area contributed by atoms with Crippen molar-refractivity contribution in [2.45, 2.75) is 32.3 Å². The van der Waals surface area contributed by atoms with Crippen LogP contribution in [0.15, 0.2) is 18.2 Å². The molecule has 0 fully saturated rings. The fraction of sp³-hybridized carbons (Fsp3) is 0.385. The summed E-state index contributed by atoms with van der Waals surface area (Å²) in [6.45, 7) is -3.01. The van der Waals surface area contributed by atoms with Gasteiger partial charge in [-0.2, -0.15) is 8.78 Å². The number of aliphatic carboxylic acids is 1. The van der Waals surface area contributed by atoms with Gasteiger partial charge < -0.3 is 15.2 Å². The second kappa shape index (κ2) is 8.41. The molecule has 5 nitrogen and oxygen atoms in total. The summed E-state index contributed by atoms with van der Waals surface area (Å²) in [7, 11) is 0. The maximum Gasteiger partial charge on any atom is 0.387 e. The van der Waals surface area contributed by atoms with Crippen LogP contribution >= 0.6 is 11.6 Å². The van der Waals surface area contributed by atoms with Gasteiger partial charge in [-0.15, -0.1) is 0 Å². The lowest BCUT2D eigenvalue weighted by atomic mass is 10.2. The van der Waals surface area contributed by atoms with E-state index in [1.165, 1.54) is 18.2 Å². The molecule has 0 bridgehead atoms. The van der Waals surface area contributed by atoms with Crippen molar-refractivity contribution in [3.05, 3.63) is 23.2 Å². The number of carbonyl (C=O) groups excluding carboxylic acids is 1. The van der Waals surface area contributed by atoms with Gasteiger partial charge in [-0.25, -0.2) is 0 Å². The van der Waals surface area contributed by atoms with E-state index in [9.17, 15) is 18.4 Å². The highest BCUT2D eigenvalue weighted by molar-refractivity contribution is 6.32. The molecule has 0 aliphatic rings. The molecular weight excluding hydrogens is 308 g/mol.